The van der Waals surface area contributed by atoms with Gasteiger partial charge in [-0.05, 0) is 36.4 Å². The Labute approximate surface area is 124 Å². The lowest BCUT2D eigenvalue weighted by Crippen LogP contribution is -1.97. The number of hydrogen-bond donors (Lipinski definition) is 1. The number of methoxy groups -OCH3 is 1. The van der Waals surface area contributed by atoms with Crippen molar-refractivity contribution in [3.63, 3.8) is 0 Å². The van der Waals surface area contributed by atoms with Gasteiger partial charge in [-0.25, -0.2) is 0 Å². The van der Waals surface area contributed by atoms with E-state index in [-0.39, 0.29) is 0 Å². The van der Waals surface area contributed by atoms with Crippen LogP contribution in [0.5, 0.6) is 5.75 Å². The maximum Gasteiger partial charge on any atom is 0.130 e. The number of pyridine rings is 1. The number of para-hydroxylation sites is 1. The summed E-state index contributed by atoms with van der Waals surface area (Å²) in [6.07, 6.45) is 1.79. The molecule has 0 fully saturated rings. The predicted molar refractivity (Wildman–Crippen MR) is 85.9 cm³/mol. The van der Waals surface area contributed by atoms with Gasteiger partial charge in [0.15, 0.2) is 0 Å². The summed E-state index contributed by atoms with van der Waals surface area (Å²) < 4.78 is 5.50. The van der Waals surface area contributed by atoms with E-state index in [0.717, 1.165) is 28.4 Å². The summed E-state index contributed by atoms with van der Waals surface area (Å²) in [5.41, 5.74) is 3.85. The number of nitrogens with one attached hydrogen (secondary N) is 1. The summed E-state index contributed by atoms with van der Waals surface area (Å²) in [6.45, 7) is 0. The lowest BCUT2D eigenvalue weighted by molar-refractivity contribution is 0.416. The van der Waals surface area contributed by atoms with E-state index in [1.807, 2.05) is 66.7 Å². The van der Waals surface area contributed by atoms with E-state index in [0.29, 0.717) is 0 Å². The number of aromatic nitrogens is 1. The van der Waals surface area contributed by atoms with Crippen molar-refractivity contribution >= 4 is 11.4 Å². The molecule has 0 spiro atoms. The average Bonchev–Trinajstić information content (AvgIpc) is 2.56. The standard InChI is InChI=1S/C18H16N2O/c1-21-17-12-7-11-16(20-14-8-3-2-4-9-14)18(17)15-10-5-6-13-19-15/h2-13,20H,1H3. The van der Waals surface area contributed by atoms with E-state index in [2.05, 4.69) is 10.3 Å². The minimum absolute atomic E-state index is 0.801. The molecule has 1 N–H and O–H groups in total. The van der Waals surface area contributed by atoms with Crippen molar-refractivity contribution in [3.05, 3.63) is 72.9 Å². The summed E-state index contributed by atoms with van der Waals surface area (Å²) in [6, 6.07) is 21.9. The van der Waals surface area contributed by atoms with Crippen LogP contribution in [0.25, 0.3) is 11.3 Å². The van der Waals surface area contributed by atoms with E-state index in [9.17, 15) is 0 Å². The Hall–Kier alpha value is -2.81. The molecule has 1 aromatic heterocycles. The van der Waals surface area contributed by atoms with Crippen molar-refractivity contribution in [3.8, 4) is 17.0 Å². The minimum atomic E-state index is 0.801. The zero-order valence-electron chi connectivity index (χ0n) is 11.8. The van der Waals surface area contributed by atoms with Gasteiger partial charge in [0.2, 0.25) is 0 Å². The zero-order chi connectivity index (χ0) is 14.5. The fourth-order valence-electron chi connectivity index (χ4n) is 2.26. The van der Waals surface area contributed by atoms with E-state index < -0.39 is 0 Å². The molecule has 2 aromatic carbocycles. The number of anilines is 2. The number of benzene rings is 2. The van der Waals surface area contributed by atoms with Crippen LogP contribution in [0.15, 0.2) is 72.9 Å². The minimum Gasteiger partial charge on any atom is -0.496 e. The average molecular weight is 276 g/mol. The highest BCUT2D eigenvalue weighted by Crippen LogP contribution is 2.36. The molecule has 0 aliphatic rings. The van der Waals surface area contributed by atoms with Crippen LogP contribution in [0.3, 0.4) is 0 Å². The fraction of sp³-hybridized carbons (Fsp3) is 0.0556. The van der Waals surface area contributed by atoms with Gasteiger partial charge in [-0.3, -0.25) is 4.98 Å². The third kappa shape index (κ3) is 2.87. The molecule has 0 atom stereocenters. The monoisotopic (exact) mass is 276 g/mol. The quantitative estimate of drug-likeness (QED) is 0.761. The summed E-state index contributed by atoms with van der Waals surface area (Å²) in [7, 11) is 1.67. The van der Waals surface area contributed by atoms with Crippen molar-refractivity contribution < 1.29 is 4.74 Å². The first-order valence-corrected chi connectivity index (χ1v) is 6.79. The summed E-state index contributed by atoms with van der Waals surface area (Å²) in [5.74, 6) is 0.801. The van der Waals surface area contributed by atoms with Crippen LogP contribution in [-0.2, 0) is 0 Å². The van der Waals surface area contributed by atoms with Crippen LogP contribution in [0, 0.1) is 0 Å². The van der Waals surface area contributed by atoms with E-state index in [4.69, 9.17) is 4.74 Å². The van der Waals surface area contributed by atoms with Crippen molar-refractivity contribution in [1.29, 1.82) is 0 Å². The van der Waals surface area contributed by atoms with Crippen LogP contribution in [-0.4, -0.2) is 12.1 Å². The van der Waals surface area contributed by atoms with Gasteiger partial charge < -0.3 is 10.1 Å². The van der Waals surface area contributed by atoms with Crippen LogP contribution in [0.4, 0.5) is 11.4 Å². The number of hydrogen-bond acceptors (Lipinski definition) is 3. The van der Waals surface area contributed by atoms with Crippen LogP contribution >= 0.6 is 0 Å². The van der Waals surface area contributed by atoms with Crippen LogP contribution in [0.1, 0.15) is 0 Å². The second kappa shape index (κ2) is 6.09. The molecule has 0 saturated carbocycles. The molecule has 0 unspecified atom stereocenters. The molecular formula is C18H16N2O. The van der Waals surface area contributed by atoms with Gasteiger partial charge in [-0.1, -0.05) is 30.3 Å². The zero-order valence-corrected chi connectivity index (χ0v) is 11.8. The third-order valence-corrected chi connectivity index (χ3v) is 3.22. The van der Waals surface area contributed by atoms with Gasteiger partial charge in [-0.2, -0.15) is 0 Å². The Balaban J connectivity index is 2.08. The number of nitrogens with zero attached hydrogens (tertiary/aromatic N) is 1. The van der Waals surface area contributed by atoms with Gasteiger partial charge >= 0.3 is 0 Å². The van der Waals surface area contributed by atoms with Gasteiger partial charge in [0.25, 0.3) is 0 Å². The second-order valence-electron chi connectivity index (χ2n) is 4.59. The second-order valence-corrected chi connectivity index (χ2v) is 4.59. The topological polar surface area (TPSA) is 34.1 Å². The van der Waals surface area contributed by atoms with Crippen molar-refractivity contribution in [2.45, 2.75) is 0 Å². The van der Waals surface area contributed by atoms with Gasteiger partial charge in [0.05, 0.1) is 24.1 Å². The largest absolute Gasteiger partial charge is 0.496 e. The summed E-state index contributed by atoms with van der Waals surface area (Å²) in [4.78, 5) is 4.44. The molecule has 21 heavy (non-hydrogen) atoms. The van der Waals surface area contributed by atoms with Gasteiger partial charge in [0, 0.05) is 11.9 Å². The van der Waals surface area contributed by atoms with Gasteiger partial charge in [-0.15, -0.1) is 0 Å². The molecule has 3 rings (SSSR count). The van der Waals surface area contributed by atoms with Crippen molar-refractivity contribution in [2.24, 2.45) is 0 Å². The highest BCUT2D eigenvalue weighted by atomic mass is 16.5. The normalized spacial score (nSPS) is 10.1. The first kappa shape index (κ1) is 13.2. The lowest BCUT2D eigenvalue weighted by atomic mass is 10.1. The highest BCUT2D eigenvalue weighted by Gasteiger charge is 2.12. The Kier molecular flexibility index (Phi) is 3.83. The molecule has 0 aliphatic heterocycles. The van der Waals surface area contributed by atoms with Crippen molar-refractivity contribution in [2.75, 3.05) is 12.4 Å². The molecule has 0 radical (unpaired) electrons. The summed E-state index contributed by atoms with van der Waals surface area (Å²) in [5, 5.41) is 3.43. The Morgan fingerprint density at radius 1 is 0.857 bits per heavy atom. The maximum absolute atomic E-state index is 5.50. The molecule has 0 aliphatic carbocycles. The SMILES string of the molecule is COc1cccc(Nc2ccccc2)c1-c1ccccn1. The highest BCUT2D eigenvalue weighted by molar-refractivity contribution is 5.83. The molecular weight excluding hydrogens is 260 g/mol. The summed E-state index contributed by atoms with van der Waals surface area (Å²) >= 11 is 0. The number of rotatable bonds is 4. The molecule has 1 heterocycles. The molecule has 3 aromatic rings. The predicted octanol–water partition coefficient (Wildman–Crippen LogP) is 4.50. The molecule has 0 saturated heterocycles. The van der Waals surface area contributed by atoms with E-state index >= 15 is 0 Å². The third-order valence-electron chi connectivity index (χ3n) is 3.22. The molecule has 104 valence electrons. The first-order valence-electron chi connectivity index (χ1n) is 6.79. The fourth-order valence-corrected chi connectivity index (χ4v) is 2.26. The molecule has 3 nitrogen and oxygen atoms in total. The van der Waals surface area contributed by atoms with Crippen LogP contribution < -0.4 is 10.1 Å². The molecule has 3 heteroatoms. The molecule has 0 bridgehead atoms. The Morgan fingerprint density at radius 3 is 2.38 bits per heavy atom. The van der Waals surface area contributed by atoms with Crippen LogP contribution in [0.2, 0.25) is 0 Å². The van der Waals surface area contributed by atoms with Crippen molar-refractivity contribution in [1.82, 2.24) is 4.98 Å². The van der Waals surface area contributed by atoms with E-state index in [1.54, 1.807) is 13.3 Å². The smallest absolute Gasteiger partial charge is 0.130 e. The van der Waals surface area contributed by atoms with E-state index in [1.165, 1.54) is 0 Å². The Bertz CT molecular complexity index is 712. The lowest BCUT2D eigenvalue weighted by Gasteiger charge is -2.15. The molecule has 0 amide bonds. The Morgan fingerprint density at radius 2 is 1.67 bits per heavy atom. The first-order chi connectivity index (χ1) is 10.4. The maximum atomic E-state index is 5.50. The number of ether oxygens (including phenoxy) is 1. The van der Waals surface area contributed by atoms with Gasteiger partial charge in [0.1, 0.15) is 5.75 Å².